The zero-order chi connectivity index (χ0) is 18.4. The molecule has 142 valence electrons. The zero-order valence-corrected chi connectivity index (χ0v) is 15.5. The van der Waals surface area contributed by atoms with Crippen molar-refractivity contribution in [3.63, 3.8) is 0 Å². The SMILES string of the molecule is CCNC(=NCc1csc(N(C)C)n1)NC1CCN(CC(F)(F)F)C1. The van der Waals surface area contributed by atoms with Gasteiger partial charge in [0.05, 0.1) is 18.8 Å². The molecule has 2 N–H and O–H groups in total. The summed E-state index contributed by atoms with van der Waals surface area (Å²) in [6.07, 6.45) is -3.48. The first kappa shape index (κ1) is 19.8. The van der Waals surface area contributed by atoms with Gasteiger partial charge in [-0.3, -0.25) is 4.90 Å². The van der Waals surface area contributed by atoms with Crippen LogP contribution in [0.3, 0.4) is 0 Å². The monoisotopic (exact) mass is 378 g/mol. The highest BCUT2D eigenvalue weighted by Gasteiger charge is 2.34. The first-order chi connectivity index (χ1) is 11.8. The minimum Gasteiger partial charge on any atom is -0.357 e. The molecule has 2 rings (SSSR count). The Balaban J connectivity index is 1.89. The minimum atomic E-state index is -4.15. The number of guanidine groups is 1. The quantitative estimate of drug-likeness (QED) is 0.585. The number of thiazole rings is 1. The molecule has 1 aliphatic heterocycles. The number of nitrogens with zero attached hydrogens (tertiary/aromatic N) is 4. The second-order valence-electron chi connectivity index (χ2n) is 6.19. The molecule has 0 aromatic carbocycles. The van der Waals surface area contributed by atoms with Gasteiger partial charge in [-0.1, -0.05) is 0 Å². The number of aliphatic imine (C=N–C) groups is 1. The zero-order valence-electron chi connectivity index (χ0n) is 14.7. The Bertz CT molecular complexity index is 572. The van der Waals surface area contributed by atoms with Crippen molar-refractivity contribution >= 4 is 22.4 Å². The van der Waals surface area contributed by atoms with Gasteiger partial charge >= 0.3 is 6.18 Å². The van der Waals surface area contributed by atoms with Gasteiger partial charge in [0.2, 0.25) is 0 Å². The lowest BCUT2D eigenvalue weighted by Crippen LogP contribution is -2.45. The molecule has 10 heteroatoms. The number of alkyl halides is 3. The maximum atomic E-state index is 12.5. The predicted molar refractivity (Wildman–Crippen MR) is 95.3 cm³/mol. The standard InChI is InChI=1S/C15H25F3N6S/c1-4-19-13(20-7-12-9-25-14(22-12)23(2)3)21-11-5-6-24(8-11)10-15(16,17)18/h9,11H,4-8,10H2,1-3H3,(H2,19,20,21). The largest absolute Gasteiger partial charge is 0.401 e. The number of nitrogens with one attached hydrogen (secondary N) is 2. The van der Waals surface area contributed by atoms with Crippen LogP contribution in [0.5, 0.6) is 0 Å². The van der Waals surface area contributed by atoms with Gasteiger partial charge in [-0.25, -0.2) is 9.98 Å². The topological polar surface area (TPSA) is 55.8 Å². The molecule has 1 aromatic rings. The molecule has 2 heterocycles. The van der Waals surface area contributed by atoms with Gasteiger partial charge in [0, 0.05) is 45.2 Å². The van der Waals surface area contributed by atoms with Gasteiger partial charge < -0.3 is 15.5 Å². The summed E-state index contributed by atoms with van der Waals surface area (Å²) in [5.74, 6) is 0.612. The van der Waals surface area contributed by atoms with Gasteiger partial charge in [-0.2, -0.15) is 13.2 Å². The first-order valence-electron chi connectivity index (χ1n) is 8.22. The molecule has 0 spiro atoms. The molecule has 0 saturated carbocycles. The molecular weight excluding hydrogens is 353 g/mol. The van der Waals surface area contributed by atoms with E-state index in [2.05, 4.69) is 20.6 Å². The van der Waals surface area contributed by atoms with Crippen LogP contribution in [-0.2, 0) is 6.54 Å². The van der Waals surface area contributed by atoms with Gasteiger partial charge in [0.15, 0.2) is 11.1 Å². The maximum absolute atomic E-state index is 12.5. The third-order valence-corrected chi connectivity index (χ3v) is 4.74. The summed E-state index contributed by atoms with van der Waals surface area (Å²) in [4.78, 5) is 12.3. The van der Waals surface area contributed by atoms with Crippen molar-refractivity contribution in [2.75, 3.05) is 45.2 Å². The van der Waals surface area contributed by atoms with Crippen molar-refractivity contribution in [3.8, 4) is 0 Å². The Kier molecular flexibility index (Phi) is 6.88. The van der Waals surface area contributed by atoms with E-state index < -0.39 is 12.7 Å². The van der Waals surface area contributed by atoms with Crippen molar-refractivity contribution in [2.24, 2.45) is 4.99 Å². The number of likely N-dealkylation sites (tertiary alicyclic amines) is 1. The fourth-order valence-electron chi connectivity index (χ4n) is 2.60. The molecule has 6 nitrogen and oxygen atoms in total. The second-order valence-corrected chi connectivity index (χ2v) is 7.03. The molecule has 0 amide bonds. The summed E-state index contributed by atoms with van der Waals surface area (Å²) < 4.78 is 37.4. The second kappa shape index (κ2) is 8.70. The van der Waals surface area contributed by atoms with Crippen LogP contribution >= 0.6 is 11.3 Å². The highest BCUT2D eigenvalue weighted by atomic mass is 32.1. The van der Waals surface area contributed by atoms with Crippen LogP contribution in [-0.4, -0.2) is 68.3 Å². The lowest BCUT2D eigenvalue weighted by molar-refractivity contribution is -0.143. The Morgan fingerprint density at radius 1 is 1.48 bits per heavy atom. The maximum Gasteiger partial charge on any atom is 0.401 e. The Morgan fingerprint density at radius 2 is 2.24 bits per heavy atom. The molecule has 0 aliphatic carbocycles. The lowest BCUT2D eigenvalue weighted by Gasteiger charge is -2.19. The summed E-state index contributed by atoms with van der Waals surface area (Å²) in [5.41, 5.74) is 0.871. The number of hydrogen-bond donors (Lipinski definition) is 2. The highest BCUT2D eigenvalue weighted by Crippen LogP contribution is 2.20. The van der Waals surface area contributed by atoms with Crippen LogP contribution in [0.1, 0.15) is 19.0 Å². The molecule has 1 fully saturated rings. The fourth-order valence-corrected chi connectivity index (χ4v) is 3.34. The van der Waals surface area contributed by atoms with Crippen LogP contribution < -0.4 is 15.5 Å². The predicted octanol–water partition coefficient (Wildman–Crippen LogP) is 1.90. The summed E-state index contributed by atoms with van der Waals surface area (Å²) in [6, 6.07) is -0.0343. The Labute approximate surface area is 150 Å². The van der Waals surface area contributed by atoms with E-state index in [0.717, 1.165) is 10.8 Å². The number of rotatable bonds is 6. The molecule has 1 aromatic heterocycles. The highest BCUT2D eigenvalue weighted by molar-refractivity contribution is 7.13. The van der Waals surface area contributed by atoms with Crippen LogP contribution in [0.2, 0.25) is 0 Å². The smallest absolute Gasteiger partial charge is 0.357 e. The molecule has 1 saturated heterocycles. The van der Waals surface area contributed by atoms with Gasteiger partial charge in [-0.05, 0) is 13.3 Å². The van der Waals surface area contributed by atoms with E-state index in [-0.39, 0.29) is 6.04 Å². The third-order valence-electron chi connectivity index (χ3n) is 3.68. The van der Waals surface area contributed by atoms with E-state index in [0.29, 0.717) is 38.6 Å². The van der Waals surface area contributed by atoms with Gasteiger partial charge in [-0.15, -0.1) is 11.3 Å². The molecule has 1 aliphatic rings. The van der Waals surface area contributed by atoms with Gasteiger partial charge in [0.25, 0.3) is 0 Å². The van der Waals surface area contributed by atoms with Crippen LogP contribution in [0.15, 0.2) is 10.4 Å². The summed E-state index contributed by atoms with van der Waals surface area (Å²) >= 11 is 1.55. The molecule has 1 atom stereocenters. The average Bonchev–Trinajstić information content (AvgIpc) is 3.13. The van der Waals surface area contributed by atoms with E-state index in [1.807, 2.05) is 31.3 Å². The summed E-state index contributed by atoms with van der Waals surface area (Å²) in [6.45, 7) is 3.02. The van der Waals surface area contributed by atoms with Crippen molar-refractivity contribution < 1.29 is 13.2 Å². The summed E-state index contributed by atoms with van der Waals surface area (Å²) in [5, 5.41) is 9.24. The molecule has 0 radical (unpaired) electrons. The van der Waals surface area contributed by atoms with Crippen LogP contribution in [0.25, 0.3) is 0 Å². The fraction of sp³-hybridized carbons (Fsp3) is 0.733. The lowest BCUT2D eigenvalue weighted by atomic mass is 10.3. The van der Waals surface area contributed by atoms with Crippen molar-refractivity contribution in [3.05, 3.63) is 11.1 Å². The molecule has 0 bridgehead atoms. The van der Waals surface area contributed by atoms with Crippen molar-refractivity contribution in [1.29, 1.82) is 0 Å². The van der Waals surface area contributed by atoms with Gasteiger partial charge in [0.1, 0.15) is 0 Å². The van der Waals surface area contributed by atoms with E-state index in [1.54, 1.807) is 11.3 Å². The average molecular weight is 378 g/mol. The Hall–Kier alpha value is -1.55. The number of hydrogen-bond acceptors (Lipinski definition) is 5. The third kappa shape index (κ3) is 6.69. The van der Waals surface area contributed by atoms with Crippen molar-refractivity contribution in [1.82, 2.24) is 20.5 Å². The number of halogens is 3. The molecular formula is C15H25F3N6S. The number of anilines is 1. The van der Waals surface area contributed by atoms with E-state index in [1.165, 1.54) is 4.90 Å². The first-order valence-corrected chi connectivity index (χ1v) is 9.10. The van der Waals surface area contributed by atoms with E-state index >= 15 is 0 Å². The van der Waals surface area contributed by atoms with E-state index in [9.17, 15) is 13.2 Å². The number of aromatic nitrogens is 1. The van der Waals surface area contributed by atoms with Crippen LogP contribution in [0.4, 0.5) is 18.3 Å². The van der Waals surface area contributed by atoms with Crippen LogP contribution in [0, 0.1) is 0 Å². The van der Waals surface area contributed by atoms with E-state index in [4.69, 9.17) is 0 Å². The normalized spacial score (nSPS) is 19.3. The molecule has 25 heavy (non-hydrogen) atoms. The van der Waals surface area contributed by atoms with Crippen molar-refractivity contribution in [2.45, 2.75) is 32.1 Å². The molecule has 1 unspecified atom stereocenters. The summed E-state index contributed by atoms with van der Waals surface area (Å²) in [7, 11) is 3.87. The Morgan fingerprint density at radius 3 is 2.84 bits per heavy atom. The minimum absolute atomic E-state index is 0.0343.